The molecule has 0 saturated heterocycles. The molecule has 0 fully saturated rings. The van der Waals surface area contributed by atoms with Gasteiger partial charge in [-0.1, -0.05) is 36.4 Å². The molecule has 0 aliphatic heterocycles. The summed E-state index contributed by atoms with van der Waals surface area (Å²) in [5.41, 5.74) is 2.21. The Balaban J connectivity index is 1.57. The zero-order valence-electron chi connectivity index (χ0n) is 18.2. The summed E-state index contributed by atoms with van der Waals surface area (Å²) in [6.07, 6.45) is 0. The van der Waals surface area contributed by atoms with Crippen LogP contribution in [0.1, 0.15) is 24.1 Å². The van der Waals surface area contributed by atoms with E-state index in [1.807, 2.05) is 50.2 Å². The van der Waals surface area contributed by atoms with Gasteiger partial charge in [0.2, 0.25) is 0 Å². The fourth-order valence-corrected chi connectivity index (χ4v) is 4.27. The van der Waals surface area contributed by atoms with Crippen molar-refractivity contribution in [1.29, 1.82) is 0 Å². The standard InChI is InChI=1S/C24H26N2O5S/c1-17-8-4-6-10-22(17)26-32(28,29)20-14-12-19(13-15-20)31-16-24(27)25-18(2)21-9-5-7-11-23(21)30-3/h4-15,18,26H,16H2,1-3H3,(H,25,27)/t18-/m1/s1. The summed E-state index contributed by atoms with van der Waals surface area (Å²) in [6.45, 7) is 3.48. The van der Waals surface area contributed by atoms with Gasteiger partial charge < -0.3 is 14.8 Å². The van der Waals surface area contributed by atoms with Crippen molar-refractivity contribution in [3.05, 3.63) is 83.9 Å². The Morgan fingerprint density at radius 3 is 2.31 bits per heavy atom. The number of methoxy groups -OCH3 is 1. The van der Waals surface area contributed by atoms with Crippen molar-refractivity contribution in [1.82, 2.24) is 5.32 Å². The SMILES string of the molecule is COc1ccccc1[C@@H](C)NC(=O)COc1ccc(S(=O)(=O)Nc2ccccc2C)cc1. The van der Waals surface area contributed by atoms with Crippen molar-refractivity contribution in [2.75, 3.05) is 18.4 Å². The highest BCUT2D eigenvalue weighted by Crippen LogP contribution is 2.24. The Morgan fingerprint density at radius 1 is 0.969 bits per heavy atom. The predicted molar refractivity (Wildman–Crippen MR) is 123 cm³/mol. The third-order valence-electron chi connectivity index (χ3n) is 4.88. The van der Waals surface area contributed by atoms with Gasteiger partial charge >= 0.3 is 0 Å². The summed E-state index contributed by atoms with van der Waals surface area (Å²) in [6, 6.07) is 20.2. The van der Waals surface area contributed by atoms with E-state index in [1.165, 1.54) is 24.3 Å². The average Bonchev–Trinajstić information content (AvgIpc) is 2.79. The van der Waals surface area contributed by atoms with Crippen molar-refractivity contribution < 1.29 is 22.7 Å². The van der Waals surface area contributed by atoms with Crippen LogP contribution in [0.25, 0.3) is 0 Å². The van der Waals surface area contributed by atoms with Crippen molar-refractivity contribution in [2.24, 2.45) is 0 Å². The van der Waals surface area contributed by atoms with Gasteiger partial charge in [0, 0.05) is 5.56 Å². The molecule has 0 aliphatic carbocycles. The number of benzene rings is 3. The Hall–Kier alpha value is -3.52. The van der Waals surface area contributed by atoms with Crippen LogP contribution in [0, 0.1) is 6.92 Å². The average molecular weight is 455 g/mol. The first-order valence-electron chi connectivity index (χ1n) is 10.0. The molecule has 0 heterocycles. The van der Waals surface area contributed by atoms with Crippen molar-refractivity contribution in [3.8, 4) is 11.5 Å². The van der Waals surface area contributed by atoms with Gasteiger partial charge in [0.05, 0.1) is 23.7 Å². The lowest BCUT2D eigenvalue weighted by atomic mass is 10.1. The first-order valence-corrected chi connectivity index (χ1v) is 11.5. The first-order chi connectivity index (χ1) is 15.3. The summed E-state index contributed by atoms with van der Waals surface area (Å²) >= 11 is 0. The molecule has 8 heteroatoms. The van der Waals surface area contributed by atoms with E-state index in [1.54, 1.807) is 19.2 Å². The molecule has 32 heavy (non-hydrogen) atoms. The zero-order chi connectivity index (χ0) is 23.1. The van der Waals surface area contributed by atoms with Crippen LogP contribution in [0.15, 0.2) is 77.7 Å². The monoisotopic (exact) mass is 454 g/mol. The van der Waals surface area contributed by atoms with Crippen LogP contribution in [0.3, 0.4) is 0 Å². The van der Waals surface area contributed by atoms with Crippen LogP contribution in [0.2, 0.25) is 0 Å². The number of anilines is 1. The third kappa shape index (κ3) is 5.79. The number of carbonyl (C=O) groups excluding carboxylic acids is 1. The van der Waals surface area contributed by atoms with Crippen molar-refractivity contribution in [3.63, 3.8) is 0 Å². The normalized spacial score (nSPS) is 12.0. The topological polar surface area (TPSA) is 93.7 Å². The minimum absolute atomic E-state index is 0.0994. The van der Waals surface area contributed by atoms with Crippen LogP contribution < -0.4 is 19.5 Å². The van der Waals surface area contributed by atoms with Gasteiger partial charge in [-0.05, 0) is 55.8 Å². The molecule has 0 spiro atoms. The van der Waals surface area contributed by atoms with Crippen LogP contribution in [0.5, 0.6) is 11.5 Å². The largest absolute Gasteiger partial charge is 0.496 e. The maximum atomic E-state index is 12.6. The van der Waals surface area contributed by atoms with Gasteiger partial charge in [-0.2, -0.15) is 0 Å². The number of rotatable bonds is 9. The first kappa shape index (κ1) is 23.1. The Kier molecular flexibility index (Phi) is 7.37. The molecule has 2 N–H and O–H groups in total. The zero-order valence-corrected chi connectivity index (χ0v) is 19.0. The third-order valence-corrected chi connectivity index (χ3v) is 6.26. The fraction of sp³-hybridized carbons (Fsp3) is 0.208. The van der Waals surface area contributed by atoms with E-state index in [2.05, 4.69) is 10.0 Å². The second-order valence-corrected chi connectivity index (χ2v) is 8.89. The molecule has 0 saturated carbocycles. The van der Waals surface area contributed by atoms with Gasteiger partial charge in [0.25, 0.3) is 15.9 Å². The number of ether oxygens (including phenoxy) is 2. The summed E-state index contributed by atoms with van der Waals surface area (Å²) in [5.74, 6) is 0.776. The molecular weight excluding hydrogens is 428 g/mol. The molecule has 1 amide bonds. The number of sulfonamides is 1. The summed E-state index contributed by atoms with van der Waals surface area (Å²) in [7, 11) is -2.15. The second-order valence-electron chi connectivity index (χ2n) is 7.21. The number of hydrogen-bond donors (Lipinski definition) is 2. The number of amides is 1. The van der Waals surface area contributed by atoms with Crippen LogP contribution in [0.4, 0.5) is 5.69 Å². The maximum Gasteiger partial charge on any atom is 0.261 e. The molecule has 3 aromatic rings. The van der Waals surface area contributed by atoms with E-state index >= 15 is 0 Å². The summed E-state index contributed by atoms with van der Waals surface area (Å²) in [5, 5.41) is 2.86. The van der Waals surface area contributed by atoms with Gasteiger partial charge in [-0.15, -0.1) is 0 Å². The number of para-hydroxylation sites is 2. The minimum Gasteiger partial charge on any atom is -0.496 e. The highest BCUT2D eigenvalue weighted by atomic mass is 32.2. The molecule has 0 bridgehead atoms. The van der Waals surface area contributed by atoms with E-state index in [9.17, 15) is 13.2 Å². The predicted octanol–water partition coefficient (Wildman–Crippen LogP) is 4.06. The molecule has 0 unspecified atom stereocenters. The lowest BCUT2D eigenvalue weighted by Gasteiger charge is -2.17. The van der Waals surface area contributed by atoms with Crippen LogP contribution in [-0.4, -0.2) is 28.0 Å². The summed E-state index contributed by atoms with van der Waals surface area (Å²) < 4.78 is 38.6. The molecule has 3 aromatic carbocycles. The molecule has 3 rings (SSSR count). The van der Waals surface area contributed by atoms with E-state index in [-0.39, 0.29) is 23.5 Å². The van der Waals surface area contributed by atoms with Gasteiger partial charge in [0.15, 0.2) is 6.61 Å². The van der Waals surface area contributed by atoms with E-state index in [0.29, 0.717) is 17.2 Å². The second kappa shape index (κ2) is 10.2. The van der Waals surface area contributed by atoms with Crippen molar-refractivity contribution >= 4 is 21.6 Å². The van der Waals surface area contributed by atoms with Gasteiger partial charge in [0.1, 0.15) is 11.5 Å². The van der Waals surface area contributed by atoms with E-state index in [0.717, 1.165) is 11.1 Å². The molecule has 0 radical (unpaired) electrons. The van der Waals surface area contributed by atoms with Gasteiger partial charge in [-0.25, -0.2) is 8.42 Å². The van der Waals surface area contributed by atoms with Crippen LogP contribution in [-0.2, 0) is 14.8 Å². The molecular formula is C24H26N2O5S. The Labute approximate surface area is 188 Å². The highest BCUT2D eigenvalue weighted by molar-refractivity contribution is 7.92. The minimum atomic E-state index is -3.73. The lowest BCUT2D eigenvalue weighted by molar-refractivity contribution is -0.123. The smallest absolute Gasteiger partial charge is 0.261 e. The van der Waals surface area contributed by atoms with E-state index < -0.39 is 10.0 Å². The number of hydrogen-bond acceptors (Lipinski definition) is 5. The Bertz CT molecular complexity index is 1180. The number of nitrogens with one attached hydrogen (secondary N) is 2. The summed E-state index contributed by atoms with van der Waals surface area (Å²) in [4.78, 5) is 12.4. The molecule has 168 valence electrons. The molecule has 1 atom stereocenters. The van der Waals surface area contributed by atoms with Crippen LogP contribution >= 0.6 is 0 Å². The Morgan fingerprint density at radius 2 is 1.62 bits per heavy atom. The molecule has 0 aromatic heterocycles. The number of carbonyl (C=O) groups is 1. The van der Waals surface area contributed by atoms with Crippen molar-refractivity contribution in [2.45, 2.75) is 24.8 Å². The number of aryl methyl sites for hydroxylation is 1. The quantitative estimate of drug-likeness (QED) is 0.509. The molecule has 7 nitrogen and oxygen atoms in total. The fourth-order valence-electron chi connectivity index (χ4n) is 3.14. The molecule has 0 aliphatic rings. The van der Waals surface area contributed by atoms with E-state index in [4.69, 9.17) is 9.47 Å². The highest BCUT2D eigenvalue weighted by Gasteiger charge is 2.16. The maximum absolute atomic E-state index is 12.6. The van der Waals surface area contributed by atoms with Gasteiger partial charge in [-0.3, -0.25) is 9.52 Å². The lowest BCUT2D eigenvalue weighted by Crippen LogP contribution is -2.31.